The fourth-order valence-corrected chi connectivity index (χ4v) is 6.30. The van der Waals surface area contributed by atoms with Crippen LogP contribution in [0.4, 0.5) is 0 Å². The second-order valence-electron chi connectivity index (χ2n) is 11.2. The van der Waals surface area contributed by atoms with Crippen molar-refractivity contribution in [3.8, 4) is 39.7 Å². The van der Waals surface area contributed by atoms with Crippen molar-refractivity contribution in [2.75, 3.05) is 0 Å². The summed E-state index contributed by atoms with van der Waals surface area (Å²) in [6.07, 6.45) is 1.83. The highest BCUT2D eigenvalue weighted by Gasteiger charge is 2.15. The molecule has 3 heterocycles. The molecule has 0 saturated carbocycles. The summed E-state index contributed by atoms with van der Waals surface area (Å²) in [5, 5.41) is 4.51. The Balaban J connectivity index is 1.09. The van der Waals surface area contributed by atoms with Gasteiger partial charge < -0.3 is 4.57 Å². The van der Waals surface area contributed by atoms with Crippen LogP contribution in [0.1, 0.15) is 0 Å². The summed E-state index contributed by atoms with van der Waals surface area (Å²) >= 11 is 0. The lowest BCUT2D eigenvalue weighted by Crippen LogP contribution is -1.99. The number of aromatic nitrogens is 5. The molecule has 0 atom stereocenters. The van der Waals surface area contributed by atoms with E-state index in [1.54, 1.807) is 0 Å². The first-order valence-corrected chi connectivity index (χ1v) is 15.0. The summed E-state index contributed by atoms with van der Waals surface area (Å²) in [7, 11) is 0. The topological polar surface area (TPSA) is 56.5 Å². The maximum absolute atomic E-state index is 5.00. The van der Waals surface area contributed by atoms with E-state index in [4.69, 9.17) is 15.0 Å². The lowest BCUT2D eigenvalue weighted by Gasteiger charge is -2.11. The maximum atomic E-state index is 5.00. The third kappa shape index (κ3) is 4.25. The van der Waals surface area contributed by atoms with E-state index in [1.807, 2.05) is 48.7 Å². The van der Waals surface area contributed by atoms with Crippen LogP contribution in [0, 0.1) is 0 Å². The van der Waals surface area contributed by atoms with Gasteiger partial charge in [-0.2, -0.15) is 0 Å². The number of benzene rings is 6. The Hall–Kier alpha value is -6.20. The molecule has 0 spiro atoms. The van der Waals surface area contributed by atoms with Crippen LogP contribution in [0.25, 0.3) is 83.3 Å². The van der Waals surface area contributed by atoms with Crippen molar-refractivity contribution in [3.63, 3.8) is 0 Å². The molecule has 5 heteroatoms. The molecule has 210 valence electrons. The van der Waals surface area contributed by atoms with E-state index in [0.717, 1.165) is 49.9 Å². The quantitative estimate of drug-likeness (QED) is 0.210. The molecule has 3 aromatic heterocycles. The molecule has 0 radical (unpaired) electrons. The van der Waals surface area contributed by atoms with Gasteiger partial charge in [-0.05, 0) is 47.5 Å². The summed E-state index contributed by atoms with van der Waals surface area (Å²) in [6, 6.07) is 50.6. The molecule has 45 heavy (non-hydrogen) atoms. The highest BCUT2D eigenvalue weighted by Crippen LogP contribution is 2.34. The third-order valence-electron chi connectivity index (χ3n) is 8.49. The summed E-state index contributed by atoms with van der Waals surface area (Å²) in [5.41, 5.74) is 9.47. The third-order valence-corrected chi connectivity index (χ3v) is 8.49. The first-order chi connectivity index (χ1) is 22.3. The molecular formula is C40H25N5. The van der Waals surface area contributed by atoms with Crippen LogP contribution < -0.4 is 0 Å². The molecule has 0 aliphatic rings. The largest absolute Gasteiger partial charge is 0.309 e. The fourth-order valence-electron chi connectivity index (χ4n) is 6.30. The molecule has 0 aliphatic heterocycles. The molecule has 0 unspecified atom stereocenters. The summed E-state index contributed by atoms with van der Waals surface area (Å²) in [4.78, 5) is 19.2. The molecular weight excluding hydrogens is 550 g/mol. The van der Waals surface area contributed by atoms with Gasteiger partial charge in [0.15, 0.2) is 11.6 Å². The second kappa shape index (κ2) is 10.2. The van der Waals surface area contributed by atoms with Crippen LogP contribution in [0.2, 0.25) is 0 Å². The monoisotopic (exact) mass is 575 g/mol. The zero-order valence-corrected chi connectivity index (χ0v) is 24.2. The van der Waals surface area contributed by atoms with Crippen molar-refractivity contribution in [1.29, 1.82) is 0 Å². The van der Waals surface area contributed by atoms with E-state index in [9.17, 15) is 0 Å². The minimum absolute atomic E-state index is 0.513. The van der Waals surface area contributed by atoms with Crippen molar-refractivity contribution >= 4 is 43.6 Å². The zero-order valence-electron chi connectivity index (χ0n) is 24.2. The summed E-state index contributed by atoms with van der Waals surface area (Å²) in [6.45, 7) is 0. The van der Waals surface area contributed by atoms with Gasteiger partial charge in [0, 0.05) is 39.0 Å². The first-order valence-electron chi connectivity index (χ1n) is 15.0. The fraction of sp³-hybridized carbons (Fsp3) is 0. The standard InChI is InChI=1S/C40H25N5/c1-5-13-34-29(9-1)25-41-39(42-34)40-43-35-14-6-2-12-33(35)38(44-40)28-19-17-26(18-20-28)27-21-23-30(24-22-27)45-36-15-7-3-10-31(36)32-11-4-8-16-37(32)45/h1-25H. The average Bonchev–Trinajstić information content (AvgIpc) is 3.45. The van der Waals surface area contributed by atoms with E-state index in [-0.39, 0.29) is 0 Å². The first kappa shape index (κ1) is 25.3. The number of nitrogens with zero attached hydrogens (tertiary/aromatic N) is 5. The summed E-state index contributed by atoms with van der Waals surface area (Å²) in [5.74, 6) is 1.03. The van der Waals surface area contributed by atoms with Crippen molar-refractivity contribution < 1.29 is 0 Å². The predicted molar refractivity (Wildman–Crippen MR) is 183 cm³/mol. The average molecular weight is 576 g/mol. The molecule has 0 fully saturated rings. The maximum Gasteiger partial charge on any atom is 0.198 e. The molecule has 6 aromatic carbocycles. The van der Waals surface area contributed by atoms with Gasteiger partial charge in [0.25, 0.3) is 0 Å². The van der Waals surface area contributed by atoms with E-state index < -0.39 is 0 Å². The molecule has 0 amide bonds. The predicted octanol–water partition coefficient (Wildman–Crippen LogP) is 9.67. The minimum atomic E-state index is 0.513. The number of hydrogen-bond donors (Lipinski definition) is 0. The molecule has 9 rings (SSSR count). The lowest BCUT2D eigenvalue weighted by molar-refractivity contribution is 1.13. The van der Waals surface area contributed by atoms with Crippen LogP contribution >= 0.6 is 0 Å². The zero-order chi connectivity index (χ0) is 29.7. The Morgan fingerprint density at radius 2 is 0.933 bits per heavy atom. The highest BCUT2D eigenvalue weighted by atomic mass is 15.0. The summed E-state index contributed by atoms with van der Waals surface area (Å²) < 4.78 is 2.34. The van der Waals surface area contributed by atoms with Gasteiger partial charge in [0.1, 0.15) is 0 Å². The minimum Gasteiger partial charge on any atom is -0.309 e. The van der Waals surface area contributed by atoms with Gasteiger partial charge in [0.05, 0.1) is 27.8 Å². The molecule has 9 aromatic rings. The van der Waals surface area contributed by atoms with Crippen LogP contribution in [0.5, 0.6) is 0 Å². The molecule has 0 N–H and O–H groups in total. The van der Waals surface area contributed by atoms with E-state index in [1.165, 1.54) is 21.8 Å². The van der Waals surface area contributed by atoms with Crippen LogP contribution in [0.3, 0.4) is 0 Å². The number of hydrogen-bond acceptors (Lipinski definition) is 4. The van der Waals surface area contributed by atoms with Gasteiger partial charge in [-0.1, -0.05) is 109 Å². The van der Waals surface area contributed by atoms with Crippen molar-refractivity contribution in [3.05, 3.63) is 152 Å². The van der Waals surface area contributed by atoms with Crippen molar-refractivity contribution in [2.24, 2.45) is 0 Å². The normalized spacial score (nSPS) is 11.6. The van der Waals surface area contributed by atoms with Gasteiger partial charge in [-0.15, -0.1) is 0 Å². The van der Waals surface area contributed by atoms with Gasteiger partial charge in [-0.25, -0.2) is 19.9 Å². The Morgan fingerprint density at radius 1 is 0.400 bits per heavy atom. The van der Waals surface area contributed by atoms with E-state index in [0.29, 0.717) is 11.6 Å². The Bertz CT molecular complexity index is 2480. The molecule has 0 bridgehead atoms. The lowest BCUT2D eigenvalue weighted by atomic mass is 10.0. The van der Waals surface area contributed by atoms with E-state index >= 15 is 0 Å². The second-order valence-corrected chi connectivity index (χ2v) is 11.2. The number of fused-ring (bicyclic) bond motifs is 5. The SMILES string of the molecule is c1ccc2nc(-c3nc(-c4ccc(-c5ccc(-n6c7ccccc7c7ccccc76)cc5)cc4)c4ccccc4n3)ncc2c1. The molecule has 0 saturated heterocycles. The smallest absolute Gasteiger partial charge is 0.198 e. The number of rotatable bonds is 4. The Kier molecular flexibility index (Phi) is 5.74. The molecule has 0 aliphatic carbocycles. The highest BCUT2D eigenvalue weighted by molar-refractivity contribution is 6.09. The van der Waals surface area contributed by atoms with Gasteiger partial charge >= 0.3 is 0 Å². The van der Waals surface area contributed by atoms with Crippen LogP contribution in [0.15, 0.2) is 152 Å². The number of para-hydroxylation sites is 4. The van der Waals surface area contributed by atoms with Gasteiger partial charge in [-0.3, -0.25) is 0 Å². The van der Waals surface area contributed by atoms with Crippen molar-refractivity contribution in [1.82, 2.24) is 24.5 Å². The van der Waals surface area contributed by atoms with Crippen LogP contribution in [-0.2, 0) is 0 Å². The van der Waals surface area contributed by atoms with E-state index in [2.05, 4.69) is 113 Å². The van der Waals surface area contributed by atoms with Crippen molar-refractivity contribution in [2.45, 2.75) is 0 Å². The Labute approximate surface area is 259 Å². The van der Waals surface area contributed by atoms with Crippen LogP contribution in [-0.4, -0.2) is 24.5 Å². The Morgan fingerprint density at radius 3 is 1.64 bits per heavy atom. The van der Waals surface area contributed by atoms with Gasteiger partial charge in [0.2, 0.25) is 0 Å². The molecule has 5 nitrogen and oxygen atoms in total.